The summed E-state index contributed by atoms with van der Waals surface area (Å²) in [6, 6.07) is 15.1. The SMILES string of the molecule is NC(=O)Nc1ccc(-n2nc(C(F)(F)F)cc2-c2ccccc2)cc1. The fourth-order valence-electron chi connectivity index (χ4n) is 2.36. The predicted octanol–water partition coefficient (Wildman–Crippen LogP) is 4.05. The van der Waals surface area contributed by atoms with Gasteiger partial charge in [-0.15, -0.1) is 0 Å². The Labute approximate surface area is 140 Å². The van der Waals surface area contributed by atoms with Crippen LogP contribution in [0.1, 0.15) is 5.69 Å². The summed E-state index contributed by atoms with van der Waals surface area (Å²) < 4.78 is 40.5. The fourth-order valence-corrected chi connectivity index (χ4v) is 2.36. The smallest absolute Gasteiger partial charge is 0.351 e. The first-order valence-corrected chi connectivity index (χ1v) is 7.24. The van der Waals surface area contributed by atoms with E-state index in [1.54, 1.807) is 42.5 Å². The second-order valence-corrected chi connectivity index (χ2v) is 5.23. The number of amides is 2. The molecule has 3 rings (SSSR count). The molecule has 3 N–H and O–H groups in total. The van der Waals surface area contributed by atoms with Crippen molar-refractivity contribution in [3.05, 3.63) is 66.4 Å². The van der Waals surface area contributed by atoms with Gasteiger partial charge in [0.25, 0.3) is 0 Å². The Bertz CT molecular complexity index is 887. The molecule has 0 spiro atoms. The second-order valence-electron chi connectivity index (χ2n) is 5.23. The van der Waals surface area contributed by atoms with Crippen molar-refractivity contribution in [2.75, 3.05) is 5.32 Å². The van der Waals surface area contributed by atoms with Gasteiger partial charge in [0.2, 0.25) is 0 Å². The molecule has 2 amide bonds. The highest BCUT2D eigenvalue weighted by atomic mass is 19.4. The zero-order chi connectivity index (χ0) is 18.0. The number of anilines is 1. The number of carbonyl (C=O) groups is 1. The number of hydrogen-bond acceptors (Lipinski definition) is 2. The van der Waals surface area contributed by atoms with Crippen molar-refractivity contribution >= 4 is 11.7 Å². The molecule has 0 unspecified atom stereocenters. The lowest BCUT2D eigenvalue weighted by Crippen LogP contribution is -2.19. The third-order valence-corrected chi connectivity index (χ3v) is 3.45. The van der Waals surface area contributed by atoms with Crippen LogP contribution in [0.3, 0.4) is 0 Å². The molecule has 0 saturated heterocycles. The maximum Gasteiger partial charge on any atom is 0.435 e. The van der Waals surface area contributed by atoms with Gasteiger partial charge in [0.15, 0.2) is 5.69 Å². The molecule has 0 bridgehead atoms. The molecule has 1 heterocycles. The Kier molecular flexibility index (Phi) is 4.18. The zero-order valence-corrected chi connectivity index (χ0v) is 12.8. The highest BCUT2D eigenvalue weighted by molar-refractivity contribution is 5.87. The molecule has 3 aromatic rings. The fraction of sp³-hybridized carbons (Fsp3) is 0.0588. The topological polar surface area (TPSA) is 72.9 Å². The minimum atomic E-state index is -4.55. The number of carbonyl (C=O) groups excluding carboxylic acids is 1. The van der Waals surface area contributed by atoms with E-state index in [-0.39, 0.29) is 0 Å². The summed E-state index contributed by atoms with van der Waals surface area (Å²) in [5.41, 5.74) is 5.81. The number of alkyl halides is 3. The summed E-state index contributed by atoms with van der Waals surface area (Å²) in [5, 5.41) is 6.09. The van der Waals surface area contributed by atoms with E-state index in [1.165, 1.54) is 16.8 Å². The van der Waals surface area contributed by atoms with Crippen LogP contribution in [0.25, 0.3) is 16.9 Å². The summed E-state index contributed by atoms with van der Waals surface area (Å²) in [6.07, 6.45) is -4.55. The normalized spacial score (nSPS) is 11.3. The minimum Gasteiger partial charge on any atom is -0.351 e. The molecule has 8 heteroatoms. The molecular weight excluding hydrogens is 333 g/mol. The lowest BCUT2D eigenvalue weighted by Gasteiger charge is -2.09. The number of nitrogens with one attached hydrogen (secondary N) is 1. The van der Waals surface area contributed by atoms with E-state index in [1.807, 2.05) is 0 Å². The number of nitrogens with zero attached hydrogens (tertiary/aromatic N) is 2. The number of nitrogens with two attached hydrogens (primary N) is 1. The van der Waals surface area contributed by atoms with E-state index in [0.717, 1.165) is 6.07 Å². The van der Waals surface area contributed by atoms with Gasteiger partial charge in [-0.25, -0.2) is 9.48 Å². The Morgan fingerprint density at radius 3 is 2.24 bits per heavy atom. The molecule has 25 heavy (non-hydrogen) atoms. The summed E-state index contributed by atoms with van der Waals surface area (Å²) in [5.74, 6) is 0. The van der Waals surface area contributed by atoms with Crippen LogP contribution in [-0.4, -0.2) is 15.8 Å². The third-order valence-electron chi connectivity index (χ3n) is 3.45. The standard InChI is InChI=1S/C17H13F3N4O/c18-17(19,20)15-10-14(11-4-2-1-3-5-11)24(23-15)13-8-6-12(7-9-13)22-16(21)25/h1-10H,(H3,21,22,25). The monoisotopic (exact) mass is 346 g/mol. The van der Waals surface area contributed by atoms with Crippen molar-refractivity contribution in [3.63, 3.8) is 0 Å². The molecule has 128 valence electrons. The number of hydrogen-bond donors (Lipinski definition) is 2. The summed E-state index contributed by atoms with van der Waals surface area (Å²) >= 11 is 0. The second kappa shape index (κ2) is 6.31. The van der Waals surface area contributed by atoms with E-state index in [0.29, 0.717) is 22.6 Å². The van der Waals surface area contributed by atoms with Crippen LogP contribution >= 0.6 is 0 Å². The Morgan fingerprint density at radius 1 is 1.04 bits per heavy atom. The van der Waals surface area contributed by atoms with Gasteiger partial charge in [0.05, 0.1) is 11.4 Å². The van der Waals surface area contributed by atoms with Crippen LogP contribution in [0.5, 0.6) is 0 Å². The lowest BCUT2D eigenvalue weighted by molar-refractivity contribution is -0.141. The molecule has 2 aromatic carbocycles. The molecule has 0 aliphatic carbocycles. The number of halogens is 3. The van der Waals surface area contributed by atoms with Crippen LogP contribution in [0.4, 0.5) is 23.7 Å². The number of aromatic nitrogens is 2. The molecule has 0 fully saturated rings. The average Bonchev–Trinajstić information content (AvgIpc) is 3.01. The first kappa shape index (κ1) is 16.6. The van der Waals surface area contributed by atoms with E-state index in [9.17, 15) is 18.0 Å². The Balaban J connectivity index is 2.08. The Hall–Kier alpha value is -3.29. The molecule has 0 aliphatic rings. The van der Waals surface area contributed by atoms with Gasteiger partial charge in [0.1, 0.15) is 0 Å². The van der Waals surface area contributed by atoms with Crippen molar-refractivity contribution in [3.8, 4) is 16.9 Å². The van der Waals surface area contributed by atoms with Crippen LogP contribution in [0, 0.1) is 0 Å². The van der Waals surface area contributed by atoms with Crippen molar-refractivity contribution in [2.45, 2.75) is 6.18 Å². The van der Waals surface area contributed by atoms with Gasteiger partial charge >= 0.3 is 12.2 Å². The van der Waals surface area contributed by atoms with Crippen LogP contribution in [0.2, 0.25) is 0 Å². The molecule has 5 nitrogen and oxygen atoms in total. The average molecular weight is 346 g/mol. The van der Waals surface area contributed by atoms with E-state index >= 15 is 0 Å². The molecule has 1 aromatic heterocycles. The van der Waals surface area contributed by atoms with Crippen LogP contribution in [0.15, 0.2) is 60.7 Å². The van der Waals surface area contributed by atoms with E-state index < -0.39 is 17.9 Å². The number of benzene rings is 2. The summed E-state index contributed by atoms with van der Waals surface area (Å²) in [7, 11) is 0. The van der Waals surface area contributed by atoms with E-state index in [4.69, 9.17) is 5.73 Å². The Morgan fingerprint density at radius 2 is 1.68 bits per heavy atom. The molecular formula is C17H13F3N4O. The first-order chi connectivity index (χ1) is 11.8. The number of rotatable bonds is 3. The molecule has 0 aliphatic heterocycles. The van der Waals surface area contributed by atoms with Crippen LogP contribution in [-0.2, 0) is 6.18 Å². The van der Waals surface area contributed by atoms with Gasteiger partial charge in [-0.3, -0.25) is 0 Å². The van der Waals surface area contributed by atoms with Gasteiger partial charge in [-0.1, -0.05) is 30.3 Å². The van der Waals surface area contributed by atoms with E-state index in [2.05, 4.69) is 10.4 Å². The van der Waals surface area contributed by atoms with Gasteiger partial charge in [0, 0.05) is 11.3 Å². The third kappa shape index (κ3) is 3.63. The van der Waals surface area contributed by atoms with Crippen molar-refractivity contribution < 1.29 is 18.0 Å². The lowest BCUT2D eigenvalue weighted by atomic mass is 10.1. The largest absolute Gasteiger partial charge is 0.435 e. The highest BCUT2D eigenvalue weighted by Crippen LogP contribution is 2.33. The maximum absolute atomic E-state index is 13.1. The van der Waals surface area contributed by atoms with Crippen LogP contribution < -0.4 is 11.1 Å². The zero-order valence-electron chi connectivity index (χ0n) is 12.8. The predicted molar refractivity (Wildman–Crippen MR) is 87.2 cm³/mol. The first-order valence-electron chi connectivity index (χ1n) is 7.24. The maximum atomic E-state index is 13.1. The van der Waals surface area contributed by atoms with Gasteiger partial charge in [-0.2, -0.15) is 18.3 Å². The molecule has 0 saturated carbocycles. The quantitative estimate of drug-likeness (QED) is 0.751. The molecule has 0 atom stereocenters. The van der Waals surface area contributed by atoms with Gasteiger partial charge in [-0.05, 0) is 30.3 Å². The minimum absolute atomic E-state index is 0.309. The number of primary amides is 1. The van der Waals surface area contributed by atoms with Crippen molar-refractivity contribution in [1.29, 1.82) is 0 Å². The highest BCUT2D eigenvalue weighted by Gasteiger charge is 2.35. The van der Waals surface area contributed by atoms with Gasteiger partial charge < -0.3 is 11.1 Å². The van der Waals surface area contributed by atoms with Crippen molar-refractivity contribution in [1.82, 2.24) is 9.78 Å². The summed E-state index contributed by atoms with van der Waals surface area (Å²) in [6.45, 7) is 0. The summed E-state index contributed by atoms with van der Waals surface area (Å²) in [4.78, 5) is 10.8. The number of urea groups is 1. The molecule has 0 radical (unpaired) electrons. The van der Waals surface area contributed by atoms with Crippen molar-refractivity contribution in [2.24, 2.45) is 5.73 Å².